The molecule has 3 rings (SSSR count). The number of hydrogen-bond acceptors (Lipinski definition) is 4. The summed E-state index contributed by atoms with van der Waals surface area (Å²) in [5.74, 6) is 1.54. The second-order valence-electron chi connectivity index (χ2n) is 4.29. The van der Waals surface area contributed by atoms with E-state index in [0.29, 0.717) is 11.7 Å². The molecule has 0 radical (unpaired) electrons. The highest BCUT2D eigenvalue weighted by molar-refractivity contribution is 6.31. The SMILES string of the molecule is COc1cccc2cc(CNc3cccnc3Cl)oc12. The summed E-state index contributed by atoms with van der Waals surface area (Å²) in [5, 5.41) is 4.66. The maximum atomic E-state index is 5.99. The van der Waals surface area contributed by atoms with Crippen molar-refractivity contribution in [2.24, 2.45) is 0 Å². The van der Waals surface area contributed by atoms with Gasteiger partial charge in [-0.05, 0) is 24.3 Å². The van der Waals surface area contributed by atoms with E-state index in [1.807, 2.05) is 36.4 Å². The molecule has 0 saturated heterocycles. The van der Waals surface area contributed by atoms with Crippen molar-refractivity contribution in [3.63, 3.8) is 0 Å². The van der Waals surface area contributed by atoms with Gasteiger partial charge in [-0.1, -0.05) is 23.7 Å². The van der Waals surface area contributed by atoms with Crippen LogP contribution < -0.4 is 10.1 Å². The Morgan fingerprint density at radius 3 is 3.00 bits per heavy atom. The fourth-order valence-electron chi connectivity index (χ4n) is 2.04. The topological polar surface area (TPSA) is 47.3 Å². The number of furan rings is 1. The van der Waals surface area contributed by atoms with Gasteiger partial charge in [0.2, 0.25) is 0 Å². The van der Waals surface area contributed by atoms with Gasteiger partial charge in [0.15, 0.2) is 16.5 Å². The Bertz CT molecular complexity index is 740. The van der Waals surface area contributed by atoms with Crippen LogP contribution in [-0.2, 0) is 6.54 Å². The highest BCUT2D eigenvalue weighted by Gasteiger charge is 2.09. The first-order valence-corrected chi connectivity index (χ1v) is 6.55. The second kappa shape index (κ2) is 5.43. The van der Waals surface area contributed by atoms with Crippen LogP contribution >= 0.6 is 11.6 Å². The van der Waals surface area contributed by atoms with E-state index in [2.05, 4.69) is 10.3 Å². The fourth-order valence-corrected chi connectivity index (χ4v) is 2.22. The zero-order valence-electron chi connectivity index (χ0n) is 10.9. The lowest BCUT2D eigenvalue weighted by atomic mass is 10.2. The summed E-state index contributed by atoms with van der Waals surface area (Å²) < 4.78 is 11.1. The third-order valence-corrected chi connectivity index (χ3v) is 3.29. The molecule has 20 heavy (non-hydrogen) atoms. The van der Waals surface area contributed by atoms with Crippen molar-refractivity contribution < 1.29 is 9.15 Å². The van der Waals surface area contributed by atoms with E-state index >= 15 is 0 Å². The van der Waals surface area contributed by atoms with Gasteiger partial charge in [-0.3, -0.25) is 0 Å². The van der Waals surface area contributed by atoms with Gasteiger partial charge >= 0.3 is 0 Å². The number of hydrogen-bond donors (Lipinski definition) is 1. The van der Waals surface area contributed by atoms with Crippen LogP contribution in [0.3, 0.4) is 0 Å². The van der Waals surface area contributed by atoms with Gasteiger partial charge < -0.3 is 14.5 Å². The molecule has 0 aliphatic heterocycles. The Hall–Kier alpha value is -2.20. The highest BCUT2D eigenvalue weighted by Crippen LogP contribution is 2.29. The standard InChI is InChI=1S/C15H13ClN2O2/c1-19-13-6-2-4-10-8-11(20-14(10)13)9-18-12-5-3-7-17-15(12)16/h2-8,18H,9H2,1H3. The van der Waals surface area contributed by atoms with Crippen LogP contribution in [-0.4, -0.2) is 12.1 Å². The summed E-state index contributed by atoms with van der Waals surface area (Å²) in [5.41, 5.74) is 1.53. The van der Waals surface area contributed by atoms with Crippen LogP contribution in [0.15, 0.2) is 47.0 Å². The molecule has 1 aromatic carbocycles. The van der Waals surface area contributed by atoms with Crippen LogP contribution in [0.4, 0.5) is 5.69 Å². The van der Waals surface area contributed by atoms with Gasteiger partial charge in [-0.15, -0.1) is 0 Å². The predicted octanol–water partition coefficient (Wildman–Crippen LogP) is 4.10. The number of halogens is 1. The molecule has 2 aromatic heterocycles. The van der Waals surface area contributed by atoms with Gasteiger partial charge in [-0.25, -0.2) is 4.98 Å². The Labute approximate surface area is 121 Å². The summed E-state index contributed by atoms with van der Waals surface area (Å²) >= 11 is 5.99. The Kier molecular flexibility index (Phi) is 3.48. The minimum Gasteiger partial charge on any atom is -0.493 e. The number of nitrogens with zero attached hydrogens (tertiary/aromatic N) is 1. The van der Waals surface area contributed by atoms with Gasteiger partial charge in [0.1, 0.15) is 5.76 Å². The van der Waals surface area contributed by atoms with Gasteiger partial charge in [0, 0.05) is 11.6 Å². The van der Waals surface area contributed by atoms with E-state index in [0.717, 1.165) is 28.2 Å². The average Bonchev–Trinajstić information content (AvgIpc) is 2.89. The van der Waals surface area contributed by atoms with E-state index in [1.54, 1.807) is 13.3 Å². The maximum absolute atomic E-state index is 5.99. The van der Waals surface area contributed by atoms with E-state index in [9.17, 15) is 0 Å². The Morgan fingerprint density at radius 2 is 2.20 bits per heavy atom. The molecule has 0 unspecified atom stereocenters. The highest BCUT2D eigenvalue weighted by atomic mass is 35.5. The molecule has 3 aromatic rings. The molecule has 0 fully saturated rings. The quantitative estimate of drug-likeness (QED) is 0.734. The maximum Gasteiger partial charge on any atom is 0.176 e. The molecule has 0 aliphatic carbocycles. The molecule has 102 valence electrons. The number of benzene rings is 1. The average molecular weight is 289 g/mol. The number of ether oxygens (including phenoxy) is 1. The monoisotopic (exact) mass is 288 g/mol. The van der Waals surface area contributed by atoms with Crippen molar-refractivity contribution in [3.05, 3.63) is 53.5 Å². The van der Waals surface area contributed by atoms with Crippen molar-refractivity contribution in [2.75, 3.05) is 12.4 Å². The third-order valence-electron chi connectivity index (χ3n) is 2.99. The fraction of sp³-hybridized carbons (Fsp3) is 0.133. The van der Waals surface area contributed by atoms with Crippen molar-refractivity contribution in [2.45, 2.75) is 6.54 Å². The number of pyridine rings is 1. The molecule has 0 amide bonds. The Morgan fingerprint density at radius 1 is 1.30 bits per heavy atom. The number of para-hydroxylation sites is 1. The van der Waals surface area contributed by atoms with Crippen LogP contribution in [0.1, 0.15) is 5.76 Å². The summed E-state index contributed by atoms with van der Waals surface area (Å²) in [6.07, 6.45) is 1.65. The normalized spacial score (nSPS) is 10.7. The number of anilines is 1. The van der Waals surface area contributed by atoms with E-state index in [4.69, 9.17) is 20.8 Å². The van der Waals surface area contributed by atoms with Gasteiger partial charge in [0.05, 0.1) is 19.3 Å². The third kappa shape index (κ3) is 2.42. The first-order valence-electron chi connectivity index (χ1n) is 6.18. The van der Waals surface area contributed by atoms with E-state index < -0.39 is 0 Å². The summed E-state index contributed by atoms with van der Waals surface area (Å²) in [4.78, 5) is 4.01. The van der Waals surface area contributed by atoms with Crippen LogP contribution in [0.25, 0.3) is 11.0 Å². The van der Waals surface area contributed by atoms with Crippen molar-refractivity contribution in [1.82, 2.24) is 4.98 Å². The Balaban J connectivity index is 1.83. The molecule has 0 spiro atoms. The molecule has 1 N–H and O–H groups in total. The zero-order chi connectivity index (χ0) is 13.9. The lowest BCUT2D eigenvalue weighted by Crippen LogP contribution is -1.99. The summed E-state index contributed by atoms with van der Waals surface area (Å²) in [6, 6.07) is 11.5. The first-order chi connectivity index (χ1) is 9.78. The smallest absolute Gasteiger partial charge is 0.176 e. The van der Waals surface area contributed by atoms with Crippen LogP contribution in [0.2, 0.25) is 5.15 Å². The minimum atomic E-state index is 0.446. The number of fused-ring (bicyclic) bond motifs is 1. The van der Waals surface area contributed by atoms with E-state index in [1.165, 1.54) is 0 Å². The zero-order valence-corrected chi connectivity index (χ0v) is 11.6. The molecular formula is C15H13ClN2O2. The van der Waals surface area contributed by atoms with Gasteiger partial charge in [-0.2, -0.15) is 0 Å². The van der Waals surface area contributed by atoms with Gasteiger partial charge in [0.25, 0.3) is 0 Å². The largest absolute Gasteiger partial charge is 0.493 e. The molecule has 4 nitrogen and oxygen atoms in total. The van der Waals surface area contributed by atoms with Crippen molar-refractivity contribution in [3.8, 4) is 5.75 Å². The number of methoxy groups -OCH3 is 1. The minimum absolute atomic E-state index is 0.446. The van der Waals surface area contributed by atoms with Crippen LogP contribution in [0, 0.1) is 0 Å². The lowest BCUT2D eigenvalue weighted by Gasteiger charge is -2.05. The number of rotatable bonds is 4. The van der Waals surface area contributed by atoms with Crippen LogP contribution in [0.5, 0.6) is 5.75 Å². The van der Waals surface area contributed by atoms with E-state index in [-0.39, 0.29) is 0 Å². The molecular weight excluding hydrogens is 276 g/mol. The molecule has 0 atom stereocenters. The lowest BCUT2D eigenvalue weighted by molar-refractivity contribution is 0.408. The van der Waals surface area contributed by atoms with Crippen molar-refractivity contribution >= 4 is 28.3 Å². The van der Waals surface area contributed by atoms with Crippen molar-refractivity contribution in [1.29, 1.82) is 0 Å². The number of aromatic nitrogens is 1. The molecule has 0 bridgehead atoms. The molecule has 0 aliphatic rings. The summed E-state index contributed by atoms with van der Waals surface area (Å²) in [7, 11) is 1.63. The molecule has 0 saturated carbocycles. The predicted molar refractivity (Wildman–Crippen MR) is 79.3 cm³/mol. The second-order valence-corrected chi connectivity index (χ2v) is 4.64. The molecule has 2 heterocycles. The number of nitrogens with one attached hydrogen (secondary N) is 1. The first kappa shape index (κ1) is 12.8. The molecule has 5 heteroatoms. The summed E-state index contributed by atoms with van der Waals surface area (Å²) in [6.45, 7) is 0.531.